The number of hydrogen-bond acceptors (Lipinski definition) is 1. The number of hydrogen-bond donors (Lipinski definition) is 0. The number of fused-ring (bicyclic) bond motifs is 4. The second-order valence-electron chi connectivity index (χ2n) is 32.8. The van der Waals surface area contributed by atoms with Gasteiger partial charge in [0.25, 0.3) is 0 Å². The van der Waals surface area contributed by atoms with Crippen LogP contribution in [-0.4, -0.2) is 5.78 Å². The number of ketones is 1. The Morgan fingerprint density at radius 2 is 0.562 bits per heavy atom. The minimum Gasteiger partial charge on any atom is -0.298 e. The van der Waals surface area contributed by atoms with Crippen LogP contribution in [0.3, 0.4) is 0 Å². The Labute approximate surface area is 395 Å². The van der Waals surface area contributed by atoms with E-state index in [1.807, 2.05) is 0 Å². The molecular formula is C63H102O. The molecule has 1 nitrogen and oxygen atoms in total. The lowest BCUT2D eigenvalue weighted by Gasteiger charge is -2.65. The fourth-order valence-corrected chi connectivity index (χ4v) is 29.5. The van der Waals surface area contributed by atoms with Gasteiger partial charge in [-0.05, 0) is 252 Å². The summed E-state index contributed by atoms with van der Waals surface area (Å²) in [5.74, 6) is 12.0. The van der Waals surface area contributed by atoms with Crippen molar-refractivity contribution in [2.24, 2.45) is 160 Å². The number of carbonyl (C=O) groups is 1. The highest BCUT2D eigenvalue weighted by Crippen LogP contribution is 2.92. The quantitative estimate of drug-likeness (QED) is 0.275. The Morgan fingerprint density at radius 3 is 0.844 bits per heavy atom. The summed E-state index contributed by atoms with van der Waals surface area (Å²) in [7, 11) is 0. The van der Waals surface area contributed by atoms with Crippen molar-refractivity contribution in [2.75, 3.05) is 0 Å². The summed E-state index contributed by atoms with van der Waals surface area (Å²) in [5.41, 5.74) is 1.58. The number of carbonyl (C=O) groups excluding carboxylic acids is 1. The van der Waals surface area contributed by atoms with Crippen LogP contribution in [0, 0.1) is 160 Å². The number of rotatable bonds is 4. The highest BCUT2D eigenvalue weighted by molar-refractivity contribution is 5.95. The lowest BCUT2D eigenvalue weighted by molar-refractivity contribution is -0.195. The Morgan fingerprint density at radius 1 is 0.328 bits per heavy atom. The fraction of sp³-hybridized carbons (Fsp3) is 0.984. The molecule has 0 radical (unpaired) electrons. The average molecular weight is 876 g/mol. The zero-order chi connectivity index (χ0) is 46.1. The molecule has 4 unspecified atom stereocenters. The zero-order valence-electron chi connectivity index (χ0n) is 45.5. The van der Waals surface area contributed by atoms with Crippen LogP contribution in [0.5, 0.6) is 0 Å². The molecule has 12 rings (SSSR count). The molecule has 0 heterocycles. The molecule has 12 aliphatic rings. The van der Waals surface area contributed by atoms with E-state index in [4.69, 9.17) is 0 Å². The predicted molar refractivity (Wildman–Crippen MR) is 266 cm³/mol. The van der Waals surface area contributed by atoms with Crippen LogP contribution in [0.15, 0.2) is 0 Å². The van der Waals surface area contributed by atoms with Crippen LogP contribution in [-0.2, 0) is 4.79 Å². The second-order valence-corrected chi connectivity index (χ2v) is 32.8. The van der Waals surface area contributed by atoms with Gasteiger partial charge in [0.2, 0.25) is 0 Å². The highest BCUT2D eigenvalue weighted by Gasteiger charge is 2.89. The molecule has 0 saturated heterocycles. The monoisotopic (exact) mass is 875 g/mol. The molecule has 24 atom stereocenters. The molecule has 0 amide bonds. The summed E-state index contributed by atoms with van der Waals surface area (Å²) in [5, 5.41) is 0. The third-order valence-corrected chi connectivity index (χ3v) is 30.3. The van der Waals surface area contributed by atoms with E-state index < -0.39 is 0 Å². The molecule has 0 aromatic rings. The molecule has 360 valence electrons. The first kappa shape index (κ1) is 44.8. The molecule has 12 fully saturated rings. The normalized spacial score (nSPS) is 64.2. The topological polar surface area (TPSA) is 17.1 Å². The van der Waals surface area contributed by atoms with Gasteiger partial charge in [0.05, 0.1) is 0 Å². The van der Waals surface area contributed by atoms with Crippen LogP contribution in [0.2, 0.25) is 0 Å². The third-order valence-electron chi connectivity index (χ3n) is 30.3. The molecule has 1 heteroatoms. The molecular weight excluding hydrogens is 773 g/mol. The number of Topliss-reactive ketones (excluding diaryl/α,β-unsaturated/α-hetero) is 1. The smallest absolute Gasteiger partial charge is 0.146 e. The zero-order valence-corrected chi connectivity index (χ0v) is 45.5. The largest absolute Gasteiger partial charge is 0.298 e. The fourth-order valence-electron chi connectivity index (χ4n) is 29.5. The molecule has 64 heavy (non-hydrogen) atoms. The maximum atomic E-state index is 19.5. The van der Waals surface area contributed by atoms with Gasteiger partial charge in [0.15, 0.2) is 0 Å². The summed E-state index contributed by atoms with van der Waals surface area (Å²) in [6.45, 7) is 50.0. The first-order chi connectivity index (χ1) is 29.5. The highest BCUT2D eigenvalue weighted by atomic mass is 16.1. The second kappa shape index (κ2) is 12.4. The van der Waals surface area contributed by atoms with Gasteiger partial charge >= 0.3 is 0 Å². The average Bonchev–Trinajstić information content (AvgIpc) is 3.98. The van der Waals surface area contributed by atoms with Gasteiger partial charge in [-0.2, -0.15) is 0 Å². The van der Waals surface area contributed by atoms with Crippen LogP contribution in [0.1, 0.15) is 227 Å². The molecule has 12 saturated carbocycles. The summed E-state index contributed by atoms with van der Waals surface area (Å²) in [6.07, 6.45) is 21.9. The summed E-state index contributed by atoms with van der Waals surface area (Å²) >= 11 is 0. The van der Waals surface area contributed by atoms with Gasteiger partial charge in [-0.1, -0.05) is 125 Å². The minimum absolute atomic E-state index is 0.00278. The van der Waals surface area contributed by atoms with Crippen molar-refractivity contribution in [3.8, 4) is 0 Å². The molecule has 0 aliphatic heterocycles. The van der Waals surface area contributed by atoms with E-state index in [0.717, 1.165) is 53.1 Å². The van der Waals surface area contributed by atoms with E-state index in [2.05, 4.69) is 125 Å². The molecule has 0 aromatic heterocycles. The minimum atomic E-state index is -0.300. The summed E-state index contributed by atoms with van der Waals surface area (Å²) in [6, 6.07) is 0. The van der Waals surface area contributed by atoms with E-state index in [1.165, 1.54) is 103 Å². The van der Waals surface area contributed by atoms with Gasteiger partial charge in [-0.25, -0.2) is 0 Å². The van der Waals surface area contributed by atoms with Gasteiger partial charge in [0.1, 0.15) is 5.78 Å². The lowest BCUT2D eigenvalue weighted by Crippen LogP contribution is -2.67. The molecule has 4 spiro atoms. The van der Waals surface area contributed by atoms with Crippen molar-refractivity contribution in [3.63, 3.8) is 0 Å². The Hall–Kier alpha value is -0.330. The van der Waals surface area contributed by atoms with E-state index in [9.17, 15) is 0 Å². The van der Waals surface area contributed by atoms with Gasteiger partial charge in [-0.15, -0.1) is 0 Å². The van der Waals surface area contributed by atoms with Crippen LogP contribution >= 0.6 is 0 Å². The third kappa shape index (κ3) is 4.30. The summed E-state index contributed by atoms with van der Waals surface area (Å²) in [4.78, 5) is 19.5. The van der Waals surface area contributed by atoms with Crippen molar-refractivity contribution < 1.29 is 4.79 Å². The van der Waals surface area contributed by atoms with Crippen LogP contribution in [0.4, 0.5) is 0 Å². The summed E-state index contributed by atoms with van der Waals surface area (Å²) < 4.78 is 0. The standard InChI is InChI=1S/C63H102O/c1-35-19-23-58-31-43(35)52(9,10)47(58)56(17,27-39(58)5)62(29-41(7)60-25-21-37(3)45(33-60)54(13,14)49(60)62)51(64)63(30-42(8)61-26-22-38(4)46(34-61)55(15,16)50(61)63)57(18)28-40(6)59-24-20-36(2)44(32-59)53(11,12)48(57)59/h35-50H,19-34H2,1-18H3/t35-,36-,37-,38-,39-,40-,41-,42-,43+,44+,45+,46+,47-,48-,49+,50+,56?,57?,58+,59+,60+,61+,62?,63?/m1/s1. The predicted octanol–water partition coefficient (Wildman–Crippen LogP) is 17.0. The van der Waals surface area contributed by atoms with Crippen molar-refractivity contribution in [1.29, 1.82) is 0 Å². The van der Waals surface area contributed by atoms with Crippen molar-refractivity contribution >= 4 is 5.78 Å². The van der Waals surface area contributed by atoms with E-state index in [1.54, 1.807) is 0 Å². The first-order valence-electron chi connectivity index (χ1n) is 29.1. The van der Waals surface area contributed by atoms with Crippen molar-refractivity contribution in [1.82, 2.24) is 0 Å². The first-order valence-corrected chi connectivity index (χ1v) is 29.1. The maximum absolute atomic E-state index is 19.5. The van der Waals surface area contributed by atoms with Gasteiger partial charge < -0.3 is 0 Å². The Balaban J connectivity index is 1.19. The van der Waals surface area contributed by atoms with E-state index in [-0.39, 0.29) is 43.3 Å². The van der Waals surface area contributed by atoms with E-state index >= 15 is 4.79 Å². The van der Waals surface area contributed by atoms with Crippen molar-refractivity contribution in [2.45, 2.75) is 227 Å². The Bertz CT molecular complexity index is 1880. The SMILES string of the molecule is C[C@@H]1CC[C@@]23C[C@@H]1C(C)(C)[C@@H]2C(C)(C1(C(=O)C2(C4(C)C[C@@H](C)[C@]56CC[C@@H](C)[C@H](C5)C(C)(C)[C@H]46)C[C@@H](C)[C@]45CC[C@@H](C)[C@H](C4)C(C)(C)[C@H]25)C[C@@H](C)[C@]24CC[C@@H](C)[C@H](C2)C(C)(C)[C@H]14)C[C@H]3C. The Kier molecular flexibility index (Phi) is 8.69. The van der Waals surface area contributed by atoms with Crippen molar-refractivity contribution in [3.05, 3.63) is 0 Å². The van der Waals surface area contributed by atoms with Gasteiger partial charge in [0, 0.05) is 10.8 Å². The molecule has 12 aliphatic carbocycles. The lowest BCUT2D eigenvalue weighted by atomic mass is 9.37. The van der Waals surface area contributed by atoms with Gasteiger partial charge in [-0.3, -0.25) is 4.79 Å². The molecule has 0 N–H and O–H groups in total. The van der Waals surface area contributed by atoms with E-state index in [0.29, 0.717) is 69.0 Å². The van der Waals surface area contributed by atoms with Crippen LogP contribution < -0.4 is 0 Å². The molecule has 0 aromatic carbocycles. The maximum Gasteiger partial charge on any atom is 0.146 e. The molecule has 8 bridgehead atoms. The van der Waals surface area contributed by atoms with Crippen LogP contribution in [0.25, 0.3) is 0 Å².